The number of rotatable bonds is 0. The molecule has 5 heteroatoms. The number of nitrogens with zero attached hydrogens (tertiary/aromatic N) is 1. The van der Waals surface area contributed by atoms with Crippen molar-refractivity contribution in [3.63, 3.8) is 0 Å². The van der Waals surface area contributed by atoms with Crippen molar-refractivity contribution in [2.45, 2.75) is 23.7 Å². The van der Waals surface area contributed by atoms with E-state index >= 15 is 0 Å². The fourth-order valence-electron chi connectivity index (χ4n) is 1.78. The second kappa shape index (κ2) is 3.16. The minimum atomic E-state index is -0.975. The number of aliphatic hydroxyl groups is 3. The summed E-state index contributed by atoms with van der Waals surface area (Å²) < 4.78 is 0. The van der Waals surface area contributed by atoms with Crippen LogP contribution in [-0.2, 0) is 0 Å². The topological polar surface area (TPSA) is 63.9 Å². The van der Waals surface area contributed by atoms with E-state index < -0.39 is 18.3 Å². The van der Waals surface area contributed by atoms with Crippen LogP contribution >= 0.6 is 11.8 Å². The van der Waals surface area contributed by atoms with Crippen molar-refractivity contribution in [3.8, 4) is 0 Å². The maximum absolute atomic E-state index is 9.55. The van der Waals surface area contributed by atoms with E-state index in [0.29, 0.717) is 6.54 Å². The lowest BCUT2D eigenvalue weighted by Gasteiger charge is -2.39. The highest BCUT2D eigenvalue weighted by Crippen LogP contribution is 2.32. The standard InChI is InChI=1S/C7H13NO3S/c9-4-3-8-1-2-12-7(8)6(11)5(4)10/h4-7,9-11H,1-3H2/t4-,5+,6+,7+/m1/s1. The SMILES string of the molecule is O[C@@H]1[C@H](O)[C@@H]2SCCN2C[C@H]1O. The molecule has 0 aromatic heterocycles. The Balaban J connectivity index is 2.10. The molecule has 0 amide bonds. The van der Waals surface area contributed by atoms with Gasteiger partial charge in [0.15, 0.2) is 0 Å². The molecular formula is C7H13NO3S. The highest BCUT2D eigenvalue weighted by molar-refractivity contribution is 8.00. The van der Waals surface area contributed by atoms with Gasteiger partial charge in [0, 0.05) is 18.8 Å². The Bertz CT molecular complexity index is 180. The van der Waals surface area contributed by atoms with Gasteiger partial charge in [-0.15, -0.1) is 11.8 Å². The summed E-state index contributed by atoms with van der Waals surface area (Å²) in [4.78, 5) is 2.02. The van der Waals surface area contributed by atoms with Crippen LogP contribution in [0.3, 0.4) is 0 Å². The van der Waals surface area contributed by atoms with E-state index in [1.807, 2.05) is 4.90 Å². The summed E-state index contributed by atoms with van der Waals surface area (Å²) in [5, 5.41) is 28.2. The van der Waals surface area contributed by atoms with Crippen molar-refractivity contribution in [1.29, 1.82) is 0 Å². The fraction of sp³-hybridized carbons (Fsp3) is 1.00. The van der Waals surface area contributed by atoms with Crippen molar-refractivity contribution in [3.05, 3.63) is 0 Å². The van der Waals surface area contributed by atoms with Crippen LogP contribution in [0.4, 0.5) is 0 Å². The van der Waals surface area contributed by atoms with E-state index in [4.69, 9.17) is 0 Å². The van der Waals surface area contributed by atoms with E-state index in [0.717, 1.165) is 12.3 Å². The van der Waals surface area contributed by atoms with Gasteiger partial charge in [0.05, 0.1) is 11.5 Å². The van der Waals surface area contributed by atoms with E-state index in [2.05, 4.69) is 0 Å². The third-order valence-corrected chi connectivity index (χ3v) is 3.82. The zero-order valence-corrected chi connectivity index (χ0v) is 7.44. The molecular weight excluding hydrogens is 178 g/mol. The fourth-order valence-corrected chi connectivity index (χ4v) is 3.12. The Morgan fingerprint density at radius 3 is 2.67 bits per heavy atom. The first-order valence-corrected chi connectivity index (χ1v) is 5.15. The van der Waals surface area contributed by atoms with Crippen molar-refractivity contribution in [2.24, 2.45) is 0 Å². The summed E-state index contributed by atoms with van der Waals surface area (Å²) in [5.74, 6) is 0.973. The molecule has 0 radical (unpaired) electrons. The van der Waals surface area contributed by atoms with Gasteiger partial charge in [0.2, 0.25) is 0 Å². The molecule has 2 fully saturated rings. The molecule has 2 aliphatic heterocycles. The minimum absolute atomic E-state index is 0.0107. The lowest BCUT2D eigenvalue weighted by atomic mass is 10.0. The number of hydrogen-bond donors (Lipinski definition) is 3. The molecule has 0 spiro atoms. The molecule has 2 heterocycles. The monoisotopic (exact) mass is 191 g/mol. The second-order valence-corrected chi connectivity index (χ2v) is 4.53. The number of hydrogen-bond acceptors (Lipinski definition) is 5. The highest BCUT2D eigenvalue weighted by Gasteiger charge is 2.43. The first kappa shape index (κ1) is 8.77. The maximum atomic E-state index is 9.55. The van der Waals surface area contributed by atoms with Gasteiger partial charge in [0.25, 0.3) is 0 Å². The van der Waals surface area contributed by atoms with Crippen LogP contribution in [0.25, 0.3) is 0 Å². The summed E-state index contributed by atoms with van der Waals surface area (Å²) >= 11 is 1.64. The average molecular weight is 191 g/mol. The molecule has 2 rings (SSSR count). The van der Waals surface area contributed by atoms with Crippen LogP contribution in [0, 0.1) is 0 Å². The Morgan fingerprint density at radius 1 is 1.17 bits per heavy atom. The molecule has 0 unspecified atom stereocenters. The second-order valence-electron chi connectivity index (χ2n) is 3.30. The summed E-state index contributed by atoms with van der Waals surface area (Å²) in [5.41, 5.74) is 0. The number of aliphatic hydroxyl groups excluding tert-OH is 3. The van der Waals surface area contributed by atoms with Crippen LogP contribution in [0.5, 0.6) is 0 Å². The van der Waals surface area contributed by atoms with E-state index in [-0.39, 0.29) is 5.37 Å². The molecule has 12 heavy (non-hydrogen) atoms. The van der Waals surface area contributed by atoms with Crippen LogP contribution in [-0.4, -0.2) is 62.7 Å². The molecule has 70 valence electrons. The van der Waals surface area contributed by atoms with Gasteiger partial charge in [0.1, 0.15) is 12.2 Å². The number of piperidine rings is 1. The highest BCUT2D eigenvalue weighted by atomic mass is 32.2. The van der Waals surface area contributed by atoms with Gasteiger partial charge in [-0.1, -0.05) is 0 Å². The summed E-state index contributed by atoms with van der Waals surface area (Å²) in [6.45, 7) is 1.38. The normalized spacial score (nSPS) is 49.2. The Labute approximate surface area is 75.2 Å². The average Bonchev–Trinajstić information content (AvgIpc) is 2.48. The van der Waals surface area contributed by atoms with Gasteiger partial charge in [-0.2, -0.15) is 0 Å². The van der Waals surface area contributed by atoms with Gasteiger partial charge in [-0.25, -0.2) is 0 Å². The summed E-state index contributed by atoms with van der Waals surface area (Å²) in [6.07, 6.45) is -2.58. The van der Waals surface area contributed by atoms with E-state index in [1.165, 1.54) is 0 Å². The van der Waals surface area contributed by atoms with Crippen molar-refractivity contribution in [2.75, 3.05) is 18.8 Å². The van der Waals surface area contributed by atoms with Gasteiger partial charge >= 0.3 is 0 Å². The van der Waals surface area contributed by atoms with E-state index in [9.17, 15) is 15.3 Å². The zero-order chi connectivity index (χ0) is 8.72. The molecule has 0 aliphatic carbocycles. The Morgan fingerprint density at radius 2 is 1.92 bits per heavy atom. The third-order valence-electron chi connectivity index (χ3n) is 2.48. The zero-order valence-electron chi connectivity index (χ0n) is 6.63. The molecule has 2 saturated heterocycles. The molecule has 0 bridgehead atoms. The molecule has 4 atom stereocenters. The maximum Gasteiger partial charge on any atom is 0.109 e. The Hall–Kier alpha value is 0.190. The third kappa shape index (κ3) is 1.25. The van der Waals surface area contributed by atoms with E-state index in [1.54, 1.807) is 11.8 Å². The number of fused-ring (bicyclic) bond motifs is 1. The van der Waals surface area contributed by atoms with Crippen LogP contribution < -0.4 is 0 Å². The lowest BCUT2D eigenvalue weighted by Crippen LogP contribution is -2.58. The van der Waals surface area contributed by atoms with Crippen LogP contribution in [0.15, 0.2) is 0 Å². The molecule has 0 aromatic rings. The molecule has 0 saturated carbocycles. The molecule has 2 aliphatic rings. The minimum Gasteiger partial charge on any atom is -0.389 e. The summed E-state index contributed by atoms with van der Waals surface area (Å²) in [7, 11) is 0. The van der Waals surface area contributed by atoms with Crippen LogP contribution in [0.2, 0.25) is 0 Å². The smallest absolute Gasteiger partial charge is 0.109 e. The van der Waals surface area contributed by atoms with Gasteiger partial charge in [-0.3, -0.25) is 4.90 Å². The van der Waals surface area contributed by atoms with Crippen LogP contribution in [0.1, 0.15) is 0 Å². The Kier molecular flexibility index (Phi) is 2.31. The van der Waals surface area contributed by atoms with Crippen molar-refractivity contribution < 1.29 is 15.3 Å². The largest absolute Gasteiger partial charge is 0.389 e. The summed E-state index contributed by atoms with van der Waals surface area (Å²) in [6, 6.07) is 0. The molecule has 4 nitrogen and oxygen atoms in total. The molecule has 0 aromatic carbocycles. The predicted molar refractivity (Wildman–Crippen MR) is 45.8 cm³/mol. The molecule has 3 N–H and O–H groups in total. The van der Waals surface area contributed by atoms with Crippen molar-refractivity contribution in [1.82, 2.24) is 4.90 Å². The number of thioether (sulfide) groups is 1. The predicted octanol–water partition coefficient (Wildman–Crippen LogP) is -1.54. The van der Waals surface area contributed by atoms with Gasteiger partial charge < -0.3 is 15.3 Å². The first-order chi connectivity index (χ1) is 5.70. The quantitative estimate of drug-likeness (QED) is 0.433. The first-order valence-electron chi connectivity index (χ1n) is 4.10. The van der Waals surface area contributed by atoms with Crippen molar-refractivity contribution >= 4 is 11.8 Å². The van der Waals surface area contributed by atoms with Gasteiger partial charge in [-0.05, 0) is 0 Å². The lowest BCUT2D eigenvalue weighted by molar-refractivity contribution is -0.114.